The van der Waals surface area contributed by atoms with Gasteiger partial charge < -0.3 is 5.32 Å². The molecule has 40 heavy (non-hydrogen) atoms. The molecule has 0 aliphatic carbocycles. The van der Waals surface area contributed by atoms with Crippen LogP contribution in [0.15, 0.2) is 53.4 Å². The van der Waals surface area contributed by atoms with Crippen LogP contribution in [-0.4, -0.2) is 40.0 Å². The molecule has 1 saturated heterocycles. The van der Waals surface area contributed by atoms with E-state index in [1.807, 2.05) is 18.2 Å². The topological polar surface area (TPSA) is 69.7 Å². The van der Waals surface area contributed by atoms with Crippen LogP contribution < -0.4 is 10.2 Å². The lowest BCUT2D eigenvalue weighted by Gasteiger charge is -2.17. The van der Waals surface area contributed by atoms with Crippen LogP contribution in [0.1, 0.15) is 76.7 Å². The first-order chi connectivity index (χ1) is 19.4. The fourth-order valence-corrected chi connectivity index (χ4v) is 6.62. The Kier molecular flexibility index (Phi) is 11.2. The number of thiocarbonyl (C=S) groups is 1. The molecular weight excluding hydrogens is 562 g/mol. The maximum absolute atomic E-state index is 13.6. The zero-order chi connectivity index (χ0) is 28.5. The number of rotatable bonds is 14. The molecule has 1 N–H and O–H groups in total. The van der Waals surface area contributed by atoms with E-state index in [9.17, 15) is 14.4 Å². The van der Waals surface area contributed by atoms with Gasteiger partial charge in [0.05, 0.1) is 26.9 Å². The van der Waals surface area contributed by atoms with Gasteiger partial charge in [0, 0.05) is 12.1 Å². The molecule has 0 spiro atoms. The number of nitrogens with zero attached hydrogens (tertiary/aromatic N) is 2. The van der Waals surface area contributed by atoms with Crippen molar-refractivity contribution >= 4 is 74.6 Å². The van der Waals surface area contributed by atoms with E-state index >= 15 is 0 Å². The predicted molar refractivity (Wildman–Crippen MR) is 170 cm³/mol. The summed E-state index contributed by atoms with van der Waals surface area (Å²) in [6, 6.07) is 14.2. The maximum atomic E-state index is 13.6. The maximum Gasteiger partial charge on any atom is 0.267 e. The molecular formula is C31H36ClN3O3S2. The van der Waals surface area contributed by atoms with Crippen LogP contribution >= 0.6 is 35.6 Å². The second-order valence-corrected chi connectivity index (χ2v) is 12.2. The van der Waals surface area contributed by atoms with Gasteiger partial charge in [-0.1, -0.05) is 131 Å². The van der Waals surface area contributed by atoms with Crippen LogP contribution in [-0.2, 0) is 14.4 Å². The van der Waals surface area contributed by atoms with Crippen LogP contribution in [0.4, 0.5) is 11.4 Å². The van der Waals surface area contributed by atoms with E-state index in [2.05, 4.69) is 12.2 Å². The van der Waals surface area contributed by atoms with Crippen molar-refractivity contribution in [2.45, 2.75) is 71.1 Å². The summed E-state index contributed by atoms with van der Waals surface area (Å²) in [6.07, 6.45) is 12.1. The summed E-state index contributed by atoms with van der Waals surface area (Å²) in [5.41, 5.74) is 2.01. The number of nitrogens with one attached hydrogen (secondary N) is 1. The number of unbranched alkanes of at least 4 members (excludes halogenated alkanes) is 9. The summed E-state index contributed by atoms with van der Waals surface area (Å²) in [4.78, 5) is 43.3. The van der Waals surface area contributed by atoms with Crippen molar-refractivity contribution in [3.8, 4) is 0 Å². The summed E-state index contributed by atoms with van der Waals surface area (Å²) in [7, 11) is 0. The number of benzene rings is 2. The largest absolute Gasteiger partial charge is 0.323 e. The summed E-state index contributed by atoms with van der Waals surface area (Å²) >= 11 is 12.9. The number of para-hydroxylation sites is 2. The molecule has 1 fully saturated rings. The molecule has 3 amide bonds. The molecule has 2 heterocycles. The predicted octanol–water partition coefficient (Wildman–Crippen LogP) is 7.82. The van der Waals surface area contributed by atoms with Gasteiger partial charge >= 0.3 is 0 Å². The third-order valence-corrected chi connectivity index (χ3v) is 8.96. The molecule has 0 aromatic heterocycles. The van der Waals surface area contributed by atoms with E-state index in [1.54, 1.807) is 35.2 Å². The molecule has 9 heteroatoms. The number of carbonyl (C=O) groups is 3. The molecule has 2 aliphatic heterocycles. The van der Waals surface area contributed by atoms with Gasteiger partial charge in [0.2, 0.25) is 5.91 Å². The van der Waals surface area contributed by atoms with Crippen molar-refractivity contribution < 1.29 is 14.4 Å². The lowest BCUT2D eigenvalue weighted by molar-refractivity contribution is -0.122. The Morgan fingerprint density at radius 3 is 2.17 bits per heavy atom. The van der Waals surface area contributed by atoms with E-state index in [0.29, 0.717) is 43.3 Å². The normalized spacial score (nSPS) is 16.7. The monoisotopic (exact) mass is 597 g/mol. The van der Waals surface area contributed by atoms with Crippen molar-refractivity contribution in [2.24, 2.45) is 0 Å². The molecule has 212 valence electrons. The zero-order valence-corrected chi connectivity index (χ0v) is 25.3. The first kappa shape index (κ1) is 30.3. The fraction of sp³-hybridized carbons (Fsp3) is 0.419. The summed E-state index contributed by atoms with van der Waals surface area (Å²) in [5.74, 6) is -0.993. The highest BCUT2D eigenvalue weighted by atomic mass is 35.5. The minimum Gasteiger partial charge on any atom is -0.323 e. The van der Waals surface area contributed by atoms with Crippen molar-refractivity contribution in [1.82, 2.24) is 4.90 Å². The first-order valence-corrected chi connectivity index (χ1v) is 15.8. The van der Waals surface area contributed by atoms with Crippen molar-refractivity contribution in [2.75, 3.05) is 23.3 Å². The third kappa shape index (κ3) is 7.33. The number of carbonyl (C=O) groups excluding carboxylic acids is 3. The number of hydrogen-bond acceptors (Lipinski definition) is 5. The van der Waals surface area contributed by atoms with Gasteiger partial charge in [-0.25, -0.2) is 0 Å². The lowest BCUT2D eigenvalue weighted by atomic mass is 10.1. The van der Waals surface area contributed by atoms with Crippen molar-refractivity contribution in [3.63, 3.8) is 0 Å². The van der Waals surface area contributed by atoms with Gasteiger partial charge in [0.25, 0.3) is 11.8 Å². The van der Waals surface area contributed by atoms with Crippen LogP contribution in [0.25, 0.3) is 5.57 Å². The average Bonchev–Trinajstić information content (AvgIpc) is 3.37. The lowest BCUT2D eigenvalue weighted by Crippen LogP contribution is -2.35. The number of anilines is 2. The van der Waals surface area contributed by atoms with Crippen molar-refractivity contribution in [1.29, 1.82) is 0 Å². The van der Waals surface area contributed by atoms with Gasteiger partial charge in [-0.3, -0.25) is 24.2 Å². The Hall–Kier alpha value is -2.68. The van der Waals surface area contributed by atoms with Crippen LogP contribution in [0.3, 0.4) is 0 Å². The van der Waals surface area contributed by atoms with Crippen molar-refractivity contribution in [3.05, 3.63) is 64.0 Å². The average molecular weight is 598 g/mol. The van der Waals surface area contributed by atoms with Gasteiger partial charge in [-0.2, -0.15) is 0 Å². The summed E-state index contributed by atoms with van der Waals surface area (Å²) < 4.78 is 0.476. The van der Waals surface area contributed by atoms with Gasteiger partial charge in [0.1, 0.15) is 10.9 Å². The van der Waals surface area contributed by atoms with E-state index in [4.69, 9.17) is 23.8 Å². The minimum absolute atomic E-state index is 0.205. The van der Waals surface area contributed by atoms with Crippen LogP contribution in [0.2, 0.25) is 5.02 Å². The van der Waals surface area contributed by atoms with Crippen LogP contribution in [0.5, 0.6) is 0 Å². The zero-order valence-electron chi connectivity index (χ0n) is 22.9. The van der Waals surface area contributed by atoms with Gasteiger partial charge in [-0.15, -0.1) is 0 Å². The molecule has 4 rings (SSSR count). The van der Waals surface area contributed by atoms with Crippen LogP contribution in [0, 0.1) is 0 Å². The third-order valence-electron chi connectivity index (χ3n) is 7.18. The fourth-order valence-electron chi connectivity index (χ4n) is 5.05. The smallest absolute Gasteiger partial charge is 0.267 e. The Morgan fingerprint density at radius 2 is 1.48 bits per heavy atom. The Bertz CT molecular complexity index is 1300. The first-order valence-electron chi connectivity index (χ1n) is 14.2. The highest BCUT2D eigenvalue weighted by Gasteiger charge is 2.42. The number of hydrogen-bond donors (Lipinski definition) is 1. The number of fused-ring (bicyclic) bond motifs is 1. The van der Waals surface area contributed by atoms with Gasteiger partial charge in [-0.05, 0) is 24.6 Å². The molecule has 2 aromatic rings. The minimum atomic E-state index is -0.383. The molecule has 2 aromatic carbocycles. The van der Waals surface area contributed by atoms with Gasteiger partial charge in [0.15, 0.2) is 0 Å². The van der Waals surface area contributed by atoms with E-state index < -0.39 is 0 Å². The molecule has 0 bridgehead atoms. The number of thioether (sulfide) groups is 1. The standard InChI is InChI=1S/C31H36ClN3O3S2/c1-2-3-4-5-6-7-8-9-10-15-20-34-30(38)28(40-31(34)39)27-22-16-11-14-19-25(22)35(29(27)37)21-26(36)33-24-18-13-12-17-23(24)32/h11-14,16-19H,2-10,15,20-21H2,1H3,(H,33,36)/b28-27-. The SMILES string of the molecule is CCCCCCCCCCCCN1C(=O)/C(=C2/C(=O)N(CC(=O)Nc3ccccc3Cl)c3ccccc32)SC1=S. The second kappa shape index (κ2) is 14.8. The van der Waals surface area contributed by atoms with E-state index in [-0.39, 0.29) is 24.3 Å². The molecule has 0 unspecified atom stereocenters. The number of halogens is 1. The quantitative estimate of drug-likeness (QED) is 0.137. The van der Waals surface area contributed by atoms with E-state index in [0.717, 1.165) is 19.3 Å². The molecule has 2 aliphatic rings. The molecule has 0 radical (unpaired) electrons. The Morgan fingerprint density at radius 1 is 0.850 bits per heavy atom. The Balaban J connectivity index is 1.37. The molecule has 0 atom stereocenters. The highest BCUT2D eigenvalue weighted by Crippen LogP contribution is 2.44. The summed E-state index contributed by atoms with van der Waals surface area (Å²) in [6.45, 7) is 2.58. The Labute approximate surface area is 251 Å². The molecule has 6 nitrogen and oxygen atoms in total. The second-order valence-electron chi connectivity index (χ2n) is 10.1. The van der Waals surface area contributed by atoms with E-state index in [1.165, 1.54) is 61.6 Å². The molecule has 0 saturated carbocycles. The highest BCUT2D eigenvalue weighted by molar-refractivity contribution is 8.26. The number of amides is 3. The summed E-state index contributed by atoms with van der Waals surface area (Å²) in [5, 5.41) is 3.18.